The SMILES string of the molecule is CNC(Cc1ccccc1Cl)c1cccc(Cl)c1F. The molecule has 1 nitrogen and oxygen atoms in total. The van der Waals surface area contributed by atoms with Gasteiger partial charge in [-0.2, -0.15) is 0 Å². The molecule has 1 atom stereocenters. The van der Waals surface area contributed by atoms with Crippen molar-refractivity contribution in [2.75, 3.05) is 7.05 Å². The van der Waals surface area contributed by atoms with Crippen LogP contribution < -0.4 is 5.32 Å². The Morgan fingerprint density at radius 3 is 2.42 bits per heavy atom. The highest BCUT2D eigenvalue weighted by atomic mass is 35.5. The standard InChI is InChI=1S/C15H14Cl2FN/c1-19-14(9-10-5-2-3-7-12(10)16)11-6-4-8-13(17)15(11)18/h2-8,14,19H,9H2,1H3. The van der Waals surface area contributed by atoms with E-state index in [1.165, 1.54) is 0 Å². The first-order valence-corrected chi connectivity index (χ1v) is 6.73. The summed E-state index contributed by atoms with van der Waals surface area (Å²) >= 11 is 12.0. The van der Waals surface area contributed by atoms with Gasteiger partial charge in [-0.25, -0.2) is 4.39 Å². The monoisotopic (exact) mass is 297 g/mol. The molecule has 4 heteroatoms. The first kappa shape index (κ1) is 14.3. The topological polar surface area (TPSA) is 12.0 Å². The quantitative estimate of drug-likeness (QED) is 0.867. The minimum Gasteiger partial charge on any atom is -0.313 e. The van der Waals surface area contributed by atoms with Crippen molar-refractivity contribution in [3.05, 3.63) is 69.5 Å². The van der Waals surface area contributed by atoms with Gasteiger partial charge < -0.3 is 5.32 Å². The van der Waals surface area contributed by atoms with Crippen LogP contribution in [0.1, 0.15) is 17.2 Å². The maximum atomic E-state index is 14.0. The summed E-state index contributed by atoms with van der Waals surface area (Å²) in [5, 5.41) is 3.93. The average Bonchev–Trinajstić information content (AvgIpc) is 2.41. The Balaban J connectivity index is 2.31. The van der Waals surface area contributed by atoms with Gasteiger partial charge in [0, 0.05) is 16.6 Å². The van der Waals surface area contributed by atoms with Crippen molar-refractivity contribution in [2.45, 2.75) is 12.5 Å². The molecule has 0 spiro atoms. The minimum absolute atomic E-state index is 0.136. The van der Waals surface area contributed by atoms with Crippen molar-refractivity contribution >= 4 is 23.2 Å². The second-order valence-corrected chi connectivity index (χ2v) is 5.09. The van der Waals surface area contributed by atoms with E-state index in [-0.39, 0.29) is 16.9 Å². The number of nitrogens with one attached hydrogen (secondary N) is 1. The Morgan fingerprint density at radius 2 is 1.74 bits per heavy atom. The fourth-order valence-corrected chi connectivity index (χ4v) is 2.44. The number of hydrogen-bond donors (Lipinski definition) is 1. The highest BCUT2D eigenvalue weighted by molar-refractivity contribution is 6.31. The van der Waals surface area contributed by atoms with Gasteiger partial charge in [-0.1, -0.05) is 53.5 Å². The van der Waals surface area contributed by atoms with E-state index in [0.29, 0.717) is 17.0 Å². The Bertz CT molecular complexity index is 572. The van der Waals surface area contributed by atoms with Crippen LogP contribution in [0, 0.1) is 5.82 Å². The Kier molecular flexibility index (Phi) is 4.81. The molecule has 0 saturated heterocycles. The van der Waals surface area contributed by atoms with Crippen LogP contribution >= 0.6 is 23.2 Å². The number of likely N-dealkylation sites (N-methyl/N-ethyl adjacent to an activating group) is 1. The third kappa shape index (κ3) is 3.27. The highest BCUT2D eigenvalue weighted by Crippen LogP contribution is 2.27. The highest BCUT2D eigenvalue weighted by Gasteiger charge is 2.17. The van der Waals surface area contributed by atoms with Crippen molar-refractivity contribution in [2.24, 2.45) is 0 Å². The Labute approximate surface area is 122 Å². The van der Waals surface area contributed by atoms with Crippen LogP contribution in [0.3, 0.4) is 0 Å². The summed E-state index contributed by atoms with van der Waals surface area (Å²) in [6.07, 6.45) is 0.605. The normalized spacial score (nSPS) is 12.4. The molecule has 0 heterocycles. The molecule has 100 valence electrons. The summed E-state index contributed by atoms with van der Waals surface area (Å²) in [6, 6.07) is 12.4. The van der Waals surface area contributed by atoms with E-state index in [4.69, 9.17) is 23.2 Å². The number of benzene rings is 2. The van der Waals surface area contributed by atoms with Crippen molar-refractivity contribution in [3.63, 3.8) is 0 Å². The molecular formula is C15H14Cl2FN. The summed E-state index contributed by atoms with van der Waals surface area (Å²) in [5.74, 6) is -0.379. The lowest BCUT2D eigenvalue weighted by molar-refractivity contribution is 0.534. The third-order valence-electron chi connectivity index (χ3n) is 3.09. The van der Waals surface area contributed by atoms with Gasteiger partial charge in [0.15, 0.2) is 0 Å². The third-order valence-corrected chi connectivity index (χ3v) is 3.75. The predicted octanol–water partition coefficient (Wildman–Crippen LogP) is 4.64. The summed E-state index contributed by atoms with van der Waals surface area (Å²) in [7, 11) is 1.79. The van der Waals surface area contributed by atoms with Gasteiger partial charge in [0.1, 0.15) is 5.82 Å². The van der Waals surface area contributed by atoms with Gasteiger partial charge in [-0.3, -0.25) is 0 Å². The van der Waals surface area contributed by atoms with Crippen molar-refractivity contribution in [1.82, 2.24) is 5.32 Å². The molecule has 0 radical (unpaired) electrons. The molecule has 0 aliphatic carbocycles. The summed E-state index contributed by atoms with van der Waals surface area (Å²) < 4.78 is 14.0. The van der Waals surface area contributed by atoms with Crippen LogP contribution in [-0.2, 0) is 6.42 Å². The van der Waals surface area contributed by atoms with E-state index in [2.05, 4.69) is 5.32 Å². The van der Waals surface area contributed by atoms with Gasteiger partial charge in [-0.05, 0) is 31.2 Å². The van der Waals surface area contributed by atoms with Crippen molar-refractivity contribution in [1.29, 1.82) is 0 Å². The molecule has 0 fully saturated rings. The molecule has 19 heavy (non-hydrogen) atoms. The largest absolute Gasteiger partial charge is 0.313 e. The maximum absolute atomic E-state index is 14.0. The first-order chi connectivity index (χ1) is 9.13. The van der Waals surface area contributed by atoms with Crippen LogP contribution in [0.2, 0.25) is 10.0 Å². The van der Waals surface area contributed by atoms with Gasteiger partial charge >= 0.3 is 0 Å². The molecule has 2 rings (SSSR count). The second-order valence-electron chi connectivity index (χ2n) is 4.28. The van der Waals surface area contributed by atoms with Gasteiger partial charge in [0.05, 0.1) is 5.02 Å². The lowest BCUT2D eigenvalue weighted by Crippen LogP contribution is -2.20. The van der Waals surface area contributed by atoms with E-state index < -0.39 is 0 Å². The maximum Gasteiger partial charge on any atom is 0.146 e. The van der Waals surface area contributed by atoms with Crippen LogP contribution in [0.4, 0.5) is 4.39 Å². The number of halogens is 3. The molecule has 0 saturated carbocycles. The summed E-state index contributed by atoms with van der Waals surface area (Å²) in [6.45, 7) is 0. The molecular weight excluding hydrogens is 284 g/mol. The average molecular weight is 298 g/mol. The van der Waals surface area contributed by atoms with Gasteiger partial charge in [0.25, 0.3) is 0 Å². The van der Waals surface area contributed by atoms with E-state index in [9.17, 15) is 4.39 Å². The van der Waals surface area contributed by atoms with Crippen LogP contribution in [-0.4, -0.2) is 7.05 Å². The number of rotatable bonds is 4. The summed E-state index contributed by atoms with van der Waals surface area (Å²) in [4.78, 5) is 0. The smallest absolute Gasteiger partial charge is 0.146 e. The zero-order valence-corrected chi connectivity index (χ0v) is 12.0. The molecule has 0 aromatic heterocycles. The number of hydrogen-bond acceptors (Lipinski definition) is 1. The van der Waals surface area contributed by atoms with E-state index in [1.807, 2.05) is 24.3 Å². The van der Waals surface area contributed by atoms with Gasteiger partial charge in [-0.15, -0.1) is 0 Å². The zero-order valence-electron chi connectivity index (χ0n) is 10.5. The van der Waals surface area contributed by atoms with Crippen LogP contribution in [0.15, 0.2) is 42.5 Å². The molecule has 0 amide bonds. The Hall–Kier alpha value is -1.09. The molecule has 0 bridgehead atoms. The minimum atomic E-state index is -0.379. The fourth-order valence-electron chi connectivity index (χ4n) is 2.04. The molecule has 1 N–H and O–H groups in total. The summed E-state index contributed by atoms with van der Waals surface area (Å²) in [5.41, 5.74) is 1.53. The zero-order chi connectivity index (χ0) is 13.8. The van der Waals surface area contributed by atoms with E-state index in [0.717, 1.165) is 5.56 Å². The van der Waals surface area contributed by atoms with Crippen LogP contribution in [0.5, 0.6) is 0 Å². The van der Waals surface area contributed by atoms with Gasteiger partial charge in [0.2, 0.25) is 0 Å². The van der Waals surface area contributed by atoms with Crippen molar-refractivity contribution < 1.29 is 4.39 Å². The predicted molar refractivity (Wildman–Crippen MR) is 78.4 cm³/mol. The van der Waals surface area contributed by atoms with Crippen LogP contribution in [0.25, 0.3) is 0 Å². The lowest BCUT2D eigenvalue weighted by atomic mass is 9.98. The molecule has 2 aromatic rings. The second kappa shape index (κ2) is 6.38. The fraction of sp³-hybridized carbons (Fsp3) is 0.200. The Morgan fingerprint density at radius 1 is 1.05 bits per heavy atom. The van der Waals surface area contributed by atoms with Crippen molar-refractivity contribution in [3.8, 4) is 0 Å². The van der Waals surface area contributed by atoms with E-state index >= 15 is 0 Å². The van der Waals surface area contributed by atoms with E-state index in [1.54, 1.807) is 25.2 Å². The molecule has 0 aliphatic heterocycles. The molecule has 2 aromatic carbocycles. The molecule has 0 aliphatic rings. The molecule has 1 unspecified atom stereocenters. The first-order valence-electron chi connectivity index (χ1n) is 5.98. The lowest BCUT2D eigenvalue weighted by Gasteiger charge is -2.18.